The van der Waals surface area contributed by atoms with Crippen LogP contribution in [-0.2, 0) is 12.6 Å². The van der Waals surface area contributed by atoms with Gasteiger partial charge in [0.1, 0.15) is 12.4 Å². The maximum atomic E-state index is 15.5. The number of aliphatic imine (C=N–C) groups is 1. The van der Waals surface area contributed by atoms with E-state index in [-0.39, 0.29) is 29.5 Å². The van der Waals surface area contributed by atoms with Gasteiger partial charge in [-0.15, -0.1) is 5.10 Å². The van der Waals surface area contributed by atoms with Crippen LogP contribution < -0.4 is 10.3 Å². The Kier molecular flexibility index (Phi) is 5.84. The molecule has 3 unspecified atom stereocenters. The highest BCUT2D eigenvalue weighted by Crippen LogP contribution is 2.62. The molecule has 1 saturated carbocycles. The lowest BCUT2D eigenvalue weighted by Crippen LogP contribution is -2.26. The summed E-state index contributed by atoms with van der Waals surface area (Å²) in [5.41, 5.74) is 4.29. The van der Waals surface area contributed by atoms with E-state index < -0.39 is 23.9 Å². The van der Waals surface area contributed by atoms with Crippen molar-refractivity contribution in [2.24, 2.45) is 10.9 Å². The van der Waals surface area contributed by atoms with Gasteiger partial charge < -0.3 is 9.30 Å². The van der Waals surface area contributed by atoms with Gasteiger partial charge in [-0.1, -0.05) is 35.5 Å². The summed E-state index contributed by atoms with van der Waals surface area (Å²) in [6.45, 7) is 4.43. The molecular weight excluding hydrogens is 598 g/mol. The largest absolute Gasteiger partial charge is 0.489 e. The van der Waals surface area contributed by atoms with E-state index in [4.69, 9.17) is 16.3 Å². The molecule has 0 saturated heterocycles. The monoisotopic (exact) mass is 619 g/mol. The normalized spacial score (nSPS) is 22.0. The lowest BCUT2D eigenvalue weighted by Gasteiger charge is -2.21. The van der Waals surface area contributed by atoms with Crippen molar-refractivity contribution < 1.29 is 22.3 Å². The Bertz CT molecular complexity index is 2040. The molecule has 7 nitrogen and oxygen atoms in total. The molecule has 1 aliphatic carbocycles. The number of benzene rings is 2. The standard InChI is InChI=1S/C32H22ClF4N5O2/c1-15-6-17-3-2-16(8-27(17)44-14-15)24-12-23(31(34)38-24)30-22-11-21(22)26-7-18(9-29(43)42(26)30)20-10-19(33)4-5-25(20)41-13-28(39-40-41)32(35,36)37/h2-5,7-10,13,21-22,30H,1,6,11-12,14H2. The fraction of sp³-hybridized carbons (Fsp3) is 0.250. The van der Waals surface area contributed by atoms with Crippen LogP contribution in [0, 0.1) is 5.92 Å². The number of halogens is 5. The summed E-state index contributed by atoms with van der Waals surface area (Å²) < 4.78 is 63.6. The van der Waals surface area contributed by atoms with Crippen LogP contribution in [0.1, 0.15) is 47.3 Å². The number of fused-ring (bicyclic) bond motifs is 4. The van der Waals surface area contributed by atoms with Crippen LogP contribution in [0.3, 0.4) is 0 Å². The second kappa shape index (κ2) is 9.49. The third kappa shape index (κ3) is 4.32. The Balaban J connectivity index is 1.13. The first kappa shape index (κ1) is 27.1. The van der Waals surface area contributed by atoms with Crippen molar-refractivity contribution in [2.45, 2.75) is 37.4 Å². The van der Waals surface area contributed by atoms with Crippen molar-refractivity contribution in [3.63, 3.8) is 0 Å². The van der Waals surface area contributed by atoms with Crippen LogP contribution in [0.2, 0.25) is 5.02 Å². The van der Waals surface area contributed by atoms with E-state index in [1.165, 1.54) is 18.2 Å². The van der Waals surface area contributed by atoms with Crippen molar-refractivity contribution in [2.75, 3.05) is 6.61 Å². The topological polar surface area (TPSA) is 74.3 Å². The number of rotatable bonds is 4. The summed E-state index contributed by atoms with van der Waals surface area (Å²) in [6, 6.07) is 13.1. The summed E-state index contributed by atoms with van der Waals surface area (Å²) in [7, 11) is 0. The van der Waals surface area contributed by atoms with Gasteiger partial charge in [0.25, 0.3) is 5.56 Å². The van der Waals surface area contributed by atoms with Crippen molar-refractivity contribution >= 4 is 17.3 Å². The fourth-order valence-corrected chi connectivity index (χ4v) is 6.86. The van der Waals surface area contributed by atoms with Crippen molar-refractivity contribution in [1.82, 2.24) is 19.6 Å². The number of aromatic nitrogens is 4. The summed E-state index contributed by atoms with van der Waals surface area (Å²) in [5, 5.41) is 7.26. The van der Waals surface area contributed by atoms with Gasteiger partial charge in [0.15, 0.2) is 5.69 Å². The van der Waals surface area contributed by atoms with E-state index in [0.29, 0.717) is 34.0 Å². The molecule has 2 aromatic heterocycles. The SMILES string of the molecule is C=C1COc2cc(C3=NC(F)=C(C4C5CC5c5cc(-c6cc(Cl)ccc6-n6cc(C(F)(F)F)nn6)cc(=O)n54)C3)ccc2C1. The molecule has 222 valence electrons. The zero-order valence-electron chi connectivity index (χ0n) is 22.9. The lowest BCUT2D eigenvalue weighted by molar-refractivity contribution is -0.141. The lowest BCUT2D eigenvalue weighted by atomic mass is 9.95. The third-order valence-corrected chi connectivity index (χ3v) is 9.02. The molecule has 0 bridgehead atoms. The number of allylic oxidation sites excluding steroid dienone is 1. The van der Waals surface area contributed by atoms with Gasteiger partial charge in [-0.3, -0.25) is 4.79 Å². The Labute approximate surface area is 252 Å². The highest BCUT2D eigenvalue weighted by atomic mass is 35.5. The number of pyridine rings is 1. The molecule has 8 rings (SSSR count). The molecule has 0 amide bonds. The minimum Gasteiger partial charge on any atom is -0.489 e. The van der Waals surface area contributed by atoms with Crippen LogP contribution in [-0.4, -0.2) is 31.9 Å². The van der Waals surface area contributed by atoms with Crippen molar-refractivity contribution in [1.29, 1.82) is 0 Å². The van der Waals surface area contributed by atoms with Crippen LogP contribution in [0.15, 0.2) is 88.2 Å². The average molecular weight is 620 g/mol. The Morgan fingerprint density at radius 1 is 1.05 bits per heavy atom. The van der Waals surface area contributed by atoms with Gasteiger partial charge in [0.05, 0.1) is 23.6 Å². The average Bonchev–Trinajstić information content (AvgIpc) is 3.28. The predicted molar refractivity (Wildman–Crippen MR) is 155 cm³/mol. The number of hydrogen-bond acceptors (Lipinski definition) is 5. The zero-order chi connectivity index (χ0) is 30.5. The van der Waals surface area contributed by atoms with Gasteiger partial charge >= 0.3 is 6.18 Å². The van der Waals surface area contributed by atoms with Crippen LogP contribution in [0.5, 0.6) is 5.75 Å². The molecule has 3 aliphatic heterocycles. The smallest absolute Gasteiger partial charge is 0.436 e. The van der Waals surface area contributed by atoms with Gasteiger partial charge in [-0.05, 0) is 59.4 Å². The quantitative estimate of drug-likeness (QED) is 0.140. The van der Waals surface area contributed by atoms with E-state index in [1.807, 2.05) is 24.3 Å². The maximum absolute atomic E-state index is 15.5. The molecule has 0 spiro atoms. The van der Waals surface area contributed by atoms with E-state index in [9.17, 15) is 18.0 Å². The van der Waals surface area contributed by atoms with Crippen LogP contribution in [0.25, 0.3) is 16.8 Å². The van der Waals surface area contributed by atoms with Gasteiger partial charge in [-0.25, -0.2) is 9.67 Å². The minimum absolute atomic E-state index is 0.0491. The Morgan fingerprint density at radius 3 is 2.68 bits per heavy atom. The third-order valence-electron chi connectivity index (χ3n) is 8.79. The molecular formula is C32H22ClF4N5O2. The van der Waals surface area contributed by atoms with Crippen LogP contribution >= 0.6 is 11.6 Å². The van der Waals surface area contributed by atoms with E-state index in [0.717, 1.165) is 51.9 Å². The Morgan fingerprint density at radius 2 is 1.89 bits per heavy atom. The minimum atomic E-state index is -4.66. The number of ether oxygens (including phenoxy) is 1. The van der Waals surface area contributed by atoms with E-state index in [1.54, 1.807) is 10.6 Å². The van der Waals surface area contributed by atoms with E-state index >= 15 is 4.39 Å². The fourth-order valence-electron chi connectivity index (χ4n) is 6.69. The molecule has 4 aromatic rings. The molecule has 3 atom stereocenters. The number of hydrogen-bond donors (Lipinski definition) is 0. The van der Waals surface area contributed by atoms with Gasteiger partial charge in [0.2, 0.25) is 5.95 Å². The highest BCUT2D eigenvalue weighted by Gasteiger charge is 2.55. The van der Waals surface area contributed by atoms with Crippen LogP contribution in [0.4, 0.5) is 17.6 Å². The molecule has 4 aliphatic rings. The zero-order valence-corrected chi connectivity index (χ0v) is 23.7. The summed E-state index contributed by atoms with van der Waals surface area (Å²) in [5.74, 6) is 0.266. The molecule has 0 N–H and O–H groups in total. The summed E-state index contributed by atoms with van der Waals surface area (Å²) in [4.78, 5) is 18.0. The second-order valence-electron chi connectivity index (χ2n) is 11.6. The molecule has 1 fully saturated rings. The van der Waals surface area contributed by atoms with Crippen molar-refractivity contribution in [3.8, 4) is 22.6 Å². The first-order valence-corrected chi connectivity index (χ1v) is 14.4. The number of alkyl halides is 3. The van der Waals surface area contributed by atoms with E-state index in [2.05, 4.69) is 21.9 Å². The first-order valence-electron chi connectivity index (χ1n) is 14.0. The molecule has 44 heavy (non-hydrogen) atoms. The molecule has 5 heterocycles. The number of nitrogens with zero attached hydrogens (tertiary/aromatic N) is 5. The van der Waals surface area contributed by atoms with Gasteiger partial charge in [0, 0.05) is 52.2 Å². The van der Waals surface area contributed by atoms with Gasteiger partial charge in [-0.2, -0.15) is 17.6 Å². The first-order chi connectivity index (χ1) is 21.0. The summed E-state index contributed by atoms with van der Waals surface area (Å²) >= 11 is 6.28. The van der Waals surface area contributed by atoms with Crippen molar-refractivity contribution in [3.05, 3.63) is 116 Å². The molecule has 2 aromatic carbocycles. The predicted octanol–water partition coefficient (Wildman–Crippen LogP) is 6.99. The summed E-state index contributed by atoms with van der Waals surface area (Å²) in [6.07, 6.45) is -2.08. The molecule has 12 heteroatoms. The second-order valence-corrected chi connectivity index (χ2v) is 12.1. The highest BCUT2D eigenvalue weighted by molar-refractivity contribution is 6.31. The maximum Gasteiger partial charge on any atom is 0.436 e. The molecule has 0 radical (unpaired) electrons. The Hall–Kier alpha value is -4.51.